The number of benzene rings is 1. The zero-order valence-corrected chi connectivity index (χ0v) is 10.4. The van der Waals surface area contributed by atoms with Crippen LogP contribution in [0.3, 0.4) is 0 Å². The Kier molecular flexibility index (Phi) is 2.92. The zero-order chi connectivity index (χ0) is 12.5. The molecule has 1 aromatic carbocycles. The normalized spacial score (nSPS) is 15.0. The molecular formula is C15H16FNO. The van der Waals surface area contributed by atoms with Crippen molar-refractivity contribution in [3.8, 4) is 11.3 Å². The summed E-state index contributed by atoms with van der Waals surface area (Å²) in [6, 6.07) is 9.47. The molecule has 1 fully saturated rings. The summed E-state index contributed by atoms with van der Waals surface area (Å²) in [5.74, 6) is 1.24. The van der Waals surface area contributed by atoms with Crippen LogP contribution in [0.25, 0.3) is 11.3 Å². The molecule has 0 saturated heterocycles. The largest absolute Gasteiger partial charge is 0.460 e. The smallest absolute Gasteiger partial charge is 0.137 e. The first kappa shape index (κ1) is 11.5. The monoisotopic (exact) mass is 245 g/mol. The minimum atomic E-state index is -0.231. The van der Waals surface area contributed by atoms with E-state index in [-0.39, 0.29) is 5.82 Å². The number of hydrogen-bond donors (Lipinski definition) is 1. The Hall–Kier alpha value is -1.61. The summed E-state index contributed by atoms with van der Waals surface area (Å²) in [5.41, 5.74) is 1.46. The third kappa shape index (κ3) is 2.31. The SMILES string of the molecule is Cc1cccc(F)c1-c1ccc(CNC2CC2)o1. The lowest BCUT2D eigenvalue weighted by Gasteiger charge is -2.04. The van der Waals surface area contributed by atoms with Gasteiger partial charge in [-0.25, -0.2) is 4.39 Å². The van der Waals surface area contributed by atoms with E-state index in [0.29, 0.717) is 17.4 Å². The molecule has 1 heterocycles. The molecule has 3 heteroatoms. The Morgan fingerprint density at radius 3 is 2.83 bits per heavy atom. The predicted molar refractivity (Wildman–Crippen MR) is 68.7 cm³/mol. The van der Waals surface area contributed by atoms with Crippen LogP contribution in [-0.4, -0.2) is 6.04 Å². The molecule has 0 spiro atoms. The fraction of sp³-hybridized carbons (Fsp3) is 0.333. The first-order chi connectivity index (χ1) is 8.74. The van der Waals surface area contributed by atoms with Crippen LogP contribution in [0.1, 0.15) is 24.2 Å². The van der Waals surface area contributed by atoms with Gasteiger partial charge in [0.1, 0.15) is 17.3 Å². The highest BCUT2D eigenvalue weighted by Gasteiger charge is 2.20. The van der Waals surface area contributed by atoms with Gasteiger partial charge in [-0.1, -0.05) is 12.1 Å². The summed E-state index contributed by atoms with van der Waals surface area (Å²) in [6.45, 7) is 2.61. The van der Waals surface area contributed by atoms with Crippen molar-refractivity contribution in [3.05, 3.63) is 47.5 Å². The highest BCUT2D eigenvalue weighted by Crippen LogP contribution is 2.28. The molecule has 0 bridgehead atoms. The lowest BCUT2D eigenvalue weighted by molar-refractivity contribution is 0.489. The third-order valence-corrected chi connectivity index (χ3v) is 3.27. The number of aryl methyl sites for hydroxylation is 1. The Morgan fingerprint density at radius 1 is 1.28 bits per heavy atom. The van der Waals surface area contributed by atoms with Crippen LogP contribution in [0.15, 0.2) is 34.7 Å². The van der Waals surface area contributed by atoms with E-state index >= 15 is 0 Å². The van der Waals surface area contributed by atoms with Gasteiger partial charge >= 0.3 is 0 Å². The van der Waals surface area contributed by atoms with Gasteiger partial charge in [0.05, 0.1) is 12.1 Å². The van der Waals surface area contributed by atoms with Crippen LogP contribution < -0.4 is 5.32 Å². The molecule has 1 N–H and O–H groups in total. The van der Waals surface area contributed by atoms with E-state index in [4.69, 9.17) is 4.42 Å². The van der Waals surface area contributed by atoms with Gasteiger partial charge in [-0.3, -0.25) is 0 Å². The number of furan rings is 1. The van der Waals surface area contributed by atoms with Crippen molar-refractivity contribution in [3.63, 3.8) is 0 Å². The molecule has 1 aliphatic rings. The van der Waals surface area contributed by atoms with Gasteiger partial charge in [-0.2, -0.15) is 0 Å². The lowest BCUT2D eigenvalue weighted by Crippen LogP contribution is -2.14. The lowest BCUT2D eigenvalue weighted by atomic mass is 10.1. The molecule has 2 aromatic rings. The minimum absolute atomic E-state index is 0.231. The minimum Gasteiger partial charge on any atom is -0.460 e. The summed E-state index contributed by atoms with van der Waals surface area (Å²) < 4.78 is 19.5. The van der Waals surface area contributed by atoms with Gasteiger partial charge in [0.2, 0.25) is 0 Å². The number of hydrogen-bond acceptors (Lipinski definition) is 2. The highest BCUT2D eigenvalue weighted by molar-refractivity contribution is 5.62. The standard InChI is InChI=1S/C15H16FNO/c1-10-3-2-4-13(16)15(10)14-8-7-12(18-14)9-17-11-5-6-11/h2-4,7-8,11,17H,5-6,9H2,1H3. The molecule has 1 aliphatic carbocycles. The van der Waals surface area contributed by atoms with Crippen molar-refractivity contribution >= 4 is 0 Å². The Bertz CT molecular complexity index is 537. The first-order valence-electron chi connectivity index (χ1n) is 6.31. The maximum Gasteiger partial charge on any atom is 0.137 e. The number of halogens is 1. The fourth-order valence-corrected chi connectivity index (χ4v) is 2.08. The molecule has 0 unspecified atom stereocenters. The number of nitrogens with one attached hydrogen (secondary N) is 1. The van der Waals surface area contributed by atoms with Gasteiger partial charge in [0.25, 0.3) is 0 Å². The molecule has 1 saturated carbocycles. The second-order valence-electron chi connectivity index (χ2n) is 4.85. The van der Waals surface area contributed by atoms with Gasteiger partial charge in [0, 0.05) is 6.04 Å². The molecule has 1 aromatic heterocycles. The fourth-order valence-electron chi connectivity index (χ4n) is 2.08. The zero-order valence-electron chi connectivity index (χ0n) is 10.4. The van der Waals surface area contributed by atoms with Crippen molar-refractivity contribution in [2.24, 2.45) is 0 Å². The molecule has 0 radical (unpaired) electrons. The van der Waals surface area contributed by atoms with Crippen LogP contribution >= 0.6 is 0 Å². The summed E-state index contributed by atoms with van der Waals surface area (Å²) in [4.78, 5) is 0. The third-order valence-electron chi connectivity index (χ3n) is 3.27. The molecular weight excluding hydrogens is 229 g/mol. The molecule has 2 nitrogen and oxygen atoms in total. The summed E-state index contributed by atoms with van der Waals surface area (Å²) in [5, 5.41) is 3.38. The van der Waals surface area contributed by atoms with E-state index < -0.39 is 0 Å². The molecule has 0 atom stereocenters. The van der Waals surface area contributed by atoms with Crippen LogP contribution in [0.4, 0.5) is 4.39 Å². The Balaban J connectivity index is 1.83. The van der Waals surface area contributed by atoms with Crippen LogP contribution in [-0.2, 0) is 6.54 Å². The summed E-state index contributed by atoms with van der Waals surface area (Å²) >= 11 is 0. The van der Waals surface area contributed by atoms with Crippen molar-refractivity contribution in [2.45, 2.75) is 32.4 Å². The second kappa shape index (κ2) is 4.58. The van der Waals surface area contributed by atoms with E-state index in [1.165, 1.54) is 18.9 Å². The first-order valence-corrected chi connectivity index (χ1v) is 6.31. The highest BCUT2D eigenvalue weighted by atomic mass is 19.1. The van der Waals surface area contributed by atoms with Gasteiger partial charge in [0.15, 0.2) is 0 Å². The second-order valence-corrected chi connectivity index (χ2v) is 4.85. The number of rotatable bonds is 4. The average Bonchev–Trinajstić information content (AvgIpc) is 3.06. The van der Waals surface area contributed by atoms with Crippen molar-refractivity contribution in [1.82, 2.24) is 5.32 Å². The quantitative estimate of drug-likeness (QED) is 0.889. The van der Waals surface area contributed by atoms with Gasteiger partial charge in [-0.05, 0) is 43.5 Å². The Labute approximate surface area is 106 Å². The maximum absolute atomic E-state index is 13.8. The molecule has 0 amide bonds. The molecule has 18 heavy (non-hydrogen) atoms. The van der Waals surface area contributed by atoms with Crippen LogP contribution in [0.2, 0.25) is 0 Å². The van der Waals surface area contributed by atoms with Gasteiger partial charge < -0.3 is 9.73 Å². The van der Waals surface area contributed by atoms with E-state index in [9.17, 15) is 4.39 Å². The summed E-state index contributed by atoms with van der Waals surface area (Å²) in [7, 11) is 0. The van der Waals surface area contributed by atoms with Crippen molar-refractivity contribution in [2.75, 3.05) is 0 Å². The van der Waals surface area contributed by atoms with E-state index in [1.54, 1.807) is 6.07 Å². The van der Waals surface area contributed by atoms with Gasteiger partial charge in [-0.15, -0.1) is 0 Å². The van der Waals surface area contributed by atoms with E-state index in [0.717, 1.165) is 17.9 Å². The van der Waals surface area contributed by atoms with Crippen LogP contribution in [0.5, 0.6) is 0 Å². The average molecular weight is 245 g/mol. The van der Waals surface area contributed by atoms with E-state index in [2.05, 4.69) is 5.32 Å². The molecule has 94 valence electrons. The Morgan fingerprint density at radius 2 is 2.11 bits per heavy atom. The molecule has 3 rings (SSSR count). The topological polar surface area (TPSA) is 25.2 Å². The van der Waals surface area contributed by atoms with Crippen molar-refractivity contribution in [1.29, 1.82) is 0 Å². The van der Waals surface area contributed by atoms with E-state index in [1.807, 2.05) is 25.1 Å². The maximum atomic E-state index is 13.8. The molecule has 0 aliphatic heterocycles. The van der Waals surface area contributed by atoms with Crippen molar-refractivity contribution < 1.29 is 8.81 Å². The predicted octanol–water partition coefficient (Wildman–Crippen LogP) is 3.65. The summed E-state index contributed by atoms with van der Waals surface area (Å²) in [6.07, 6.45) is 2.50. The van der Waals surface area contributed by atoms with Crippen LogP contribution in [0, 0.1) is 12.7 Å².